The summed E-state index contributed by atoms with van der Waals surface area (Å²) in [4.78, 5) is 21.8. The lowest BCUT2D eigenvalue weighted by molar-refractivity contribution is -0.480. The number of aromatic nitrogens is 1. The molecule has 0 bridgehead atoms. The summed E-state index contributed by atoms with van der Waals surface area (Å²) in [5, 5.41) is 10.5. The molecule has 2 aromatic rings. The van der Waals surface area contributed by atoms with Gasteiger partial charge in [-0.3, -0.25) is 14.9 Å². The van der Waals surface area contributed by atoms with Crippen LogP contribution in [0.3, 0.4) is 0 Å². The van der Waals surface area contributed by atoms with Crippen LogP contribution < -0.4 is 5.56 Å². The number of aryl methyl sites for hydroxylation is 1. The lowest BCUT2D eigenvalue weighted by Gasteiger charge is -2.11. The monoisotopic (exact) mass is 266 g/mol. The highest BCUT2D eigenvalue weighted by molar-refractivity contribution is 6.21. The van der Waals surface area contributed by atoms with Crippen LogP contribution in [-0.2, 0) is 7.05 Å². The molecule has 0 saturated carbocycles. The smallest absolute Gasteiger partial charge is 0.251 e. The first-order valence-electron chi connectivity index (χ1n) is 5.35. The molecule has 1 atom stereocenters. The summed E-state index contributed by atoms with van der Waals surface area (Å²) >= 11 is 6.01. The topological polar surface area (TPSA) is 65.1 Å². The van der Waals surface area contributed by atoms with E-state index in [2.05, 4.69) is 0 Å². The maximum Gasteiger partial charge on any atom is 0.251 e. The number of hydrogen-bond donors (Lipinski definition) is 0. The molecular weight excluding hydrogens is 256 g/mol. The van der Waals surface area contributed by atoms with Crippen LogP contribution >= 0.6 is 11.6 Å². The fraction of sp³-hybridized carbons (Fsp3) is 0.250. The van der Waals surface area contributed by atoms with Gasteiger partial charge in [-0.1, -0.05) is 18.2 Å². The van der Waals surface area contributed by atoms with Crippen molar-refractivity contribution in [2.75, 3.05) is 6.54 Å². The van der Waals surface area contributed by atoms with Gasteiger partial charge in [0.1, 0.15) is 5.38 Å². The zero-order chi connectivity index (χ0) is 13.3. The van der Waals surface area contributed by atoms with Gasteiger partial charge in [0.05, 0.1) is 5.52 Å². The third-order valence-electron chi connectivity index (χ3n) is 2.83. The predicted octanol–water partition coefficient (Wildman–Crippen LogP) is 2.10. The zero-order valence-electron chi connectivity index (χ0n) is 9.67. The van der Waals surface area contributed by atoms with Gasteiger partial charge >= 0.3 is 0 Å². The minimum Gasteiger partial charge on any atom is -0.311 e. The Kier molecular flexibility index (Phi) is 3.34. The SMILES string of the molecule is Cn1c(=O)cc(C(Cl)C[N+](=O)[O-])c2ccccc21. The summed E-state index contributed by atoms with van der Waals surface area (Å²) in [5.74, 6) is 0. The molecule has 5 nitrogen and oxygen atoms in total. The number of alkyl halides is 1. The quantitative estimate of drug-likeness (QED) is 0.485. The van der Waals surface area contributed by atoms with E-state index < -0.39 is 16.8 Å². The Morgan fingerprint density at radius 1 is 1.44 bits per heavy atom. The van der Waals surface area contributed by atoms with Gasteiger partial charge in [0.25, 0.3) is 5.56 Å². The normalized spacial score (nSPS) is 12.6. The van der Waals surface area contributed by atoms with Gasteiger partial charge in [-0.15, -0.1) is 11.6 Å². The van der Waals surface area contributed by atoms with Crippen molar-refractivity contribution in [3.63, 3.8) is 0 Å². The number of nitro groups is 1. The van der Waals surface area contributed by atoms with Gasteiger partial charge in [0.15, 0.2) is 0 Å². The van der Waals surface area contributed by atoms with Crippen LogP contribution in [0.4, 0.5) is 0 Å². The van der Waals surface area contributed by atoms with Crippen molar-refractivity contribution in [1.82, 2.24) is 4.57 Å². The average Bonchev–Trinajstić information content (AvgIpc) is 2.33. The number of pyridine rings is 1. The Balaban J connectivity index is 2.67. The van der Waals surface area contributed by atoms with Gasteiger partial charge in [0.2, 0.25) is 6.54 Å². The minimum atomic E-state index is -0.807. The van der Waals surface area contributed by atoms with E-state index in [0.29, 0.717) is 11.1 Å². The molecule has 18 heavy (non-hydrogen) atoms. The van der Waals surface area contributed by atoms with Crippen LogP contribution in [0, 0.1) is 10.1 Å². The van der Waals surface area contributed by atoms with E-state index in [1.807, 2.05) is 12.1 Å². The number of para-hydroxylation sites is 1. The Bertz CT molecular complexity index is 666. The van der Waals surface area contributed by atoms with Crippen molar-refractivity contribution in [3.8, 4) is 0 Å². The molecule has 0 aliphatic carbocycles. The van der Waals surface area contributed by atoms with Crippen molar-refractivity contribution in [2.24, 2.45) is 7.05 Å². The van der Waals surface area contributed by atoms with E-state index in [1.165, 1.54) is 10.6 Å². The van der Waals surface area contributed by atoms with Crippen LogP contribution in [0.2, 0.25) is 0 Å². The second kappa shape index (κ2) is 4.78. The second-order valence-electron chi connectivity index (χ2n) is 4.00. The fourth-order valence-electron chi connectivity index (χ4n) is 1.92. The first-order chi connectivity index (χ1) is 8.50. The second-order valence-corrected chi connectivity index (χ2v) is 4.52. The molecule has 1 heterocycles. The van der Waals surface area contributed by atoms with Gasteiger partial charge < -0.3 is 4.57 Å². The molecule has 2 rings (SSSR count). The molecule has 0 N–H and O–H groups in total. The summed E-state index contributed by atoms with van der Waals surface area (Å²) in [6.45, 7) is -0.404. The summed E-state index contributed by atoms with van der Waals surface area (Å²) < 4.78 is 1.49. The molecule has 0 aliphatic heterocycles. The predicted molar refractivity (Wildman–Crippen MR) is 69.6 cm³/mol. The van der Waals surface area contributed by atoms with Gasteiger partial charge in [-0.05, 0) is 11.6 Å². The number of halogens is 1. The van der Waals surface area contributed by atoms with Crippen LogP contribution in [0.1, 0.15) is 10.9 Å². The third kappa shape index (κ3) is 2.22. The van der Waals surface area contributed by atoms with Crippen LogP contribution in [0.15, 0.2) is 35.1 Å². The van der Waals surface area contributed by atoms with Crippen molar-refractivity contribution >= 4 is 22.5 Å². The third-order valence-corrected chi connectivity index (χ3v) is 3.21. The lowest BCUT2D eigenvalue weighted by atomic mass is 10.1. The Morgan fingerprint density at radius 2 is 2.11 bits per heavy atom. The van der Waals surface area contributed by atoms with Crippen molar-refractivity contribution < 1.29 is 4.92 Å². The van der Waals surface area contributed by atoms with Crippen molar-refractivity contribution in [1.29, 1.82) is 0 Å². The van der Waals surface area contributed by atoms with Crippen molar-refractivity contribution in [2.45, 2.75) is 5.38 Å². The number of rotatable bonds is 3. The van der Waals surface area contributed by atoms with Gasteiger partial charge in [-0.2, -0.15) is 0 Å². The first-order valence-corrected chi connectivity index (χ1v) is 5.79. The van der Waals surface area contributed by atoms with Gasteiger partial charge in [0, 0.05) is 23.4 Å². The molecule has 0 spiro atoms. The lowest BCUT2D eigenvalue weighted by Crippen LogP contribution is -2.19. The molecule has 1 unspecified atom stereocenters. The van der Waals surface area contributed by atoms with E-state index in [1.54, 1.807) is 19.2 Å². The van der Waals surface area contributed by atoms with E-state index in [9.17, 15) is 14.9 Å². The Labute approximate surface area is 108 Å². The summed E-state index contributed by atoms with van der Waals surface area (Å²) in [6, 6.07) is 8.58. The molecule has 1 aromatic heterocycles. The number of benzene rings is 1. The standard InChI is InChI=1S/C12H11ClN2O3/c1-14-11-5-3-2-4-8(11)9(6-12(14)16)10(13)7-15(17)18/h2-6,10H,7H2,1H3. The van der Waals surface area contributed by atoms with Crippen molar-refractivity contribution in [3.05, 3.63) is 56.4 Å². The first kappa shape index (κ1) is 12.6. The summed E-state index contributed by atoms with van der Waals surface area (Å²) in [5.41, 5.74) is 0.999. The highest BCUT2D eigenvalue weighted by Gasteiger charge is 2.18. The molecular formula is C12H11ClN2O3. The summed E-state index contributed by atoms with van der Waals surface area (Å²) in [7, 11) is 1.66. The maximum atomic E-state index is 11.8. The molecule has 94 valence electrons. The zero-order valence-corrected chi connectivity index (χ0v) is 10.4. The van der Waals surface area contributed by atoms with Crippen LogP contribution in [-0.4, -0.2) is 16.0 Å². The number of nitrogens with zero attached hydrogens (tertiary/aromatic N) is 2. The molecule has 0 aliphatic rings. The highest BCUT2D eigenvalue weighted by Crippen LogP contribution is 2.26. The molecule has 0 saturated heterocycles. The summed E-state index contributed by atoms with van der Waals surface area (Å²) in [6.07, 6.45) is 0. The van der Waals surface area contributed by atoms with E-state index in [0.717, 1.165) is 5.39 Å². The minimum absolute atomic E-state index is 0.224. The molecule has 1 aromatic carbocycles. The molecule has 0 fully saturated rings. The van der Waals surface area contributed by atoms with Crippen LogP contribution in [0.5, 0.6) is 0 Å². The maximum absolute atomic E-state index is 11.8. The Hall–Kier alpha value is -1.88. The van der Waals surface area contributed by atoms with Crippen LogP contribution in [0.25, 0.3) is 10.9 Å². The highest BCUT2D eigenvalue weighted by atomic mass is 35.5. The largest absolute Gasteiger partial charge is 0.311 e. The molecule has 0 radical (unpaired) electrons. The van der Waals surface area contributed by atoms with E-state index in [-0.39, 0.29) is 5.56 Å². The Morgan fingerprint density at radius 3 is 2.78 bits per heavy atom. The van der Waals surface area contributed by atoms with E-state index >= 15 is 0 Å². The number of hydrogen-bond acceptors (Lipinski definition) is 3. The number of fused-ring (bicyclic) bond motifs is 1. The molecule has 6 heteroatoms. The molecule has 0 amide bonds. The van der Waals surface area contributed by atoms with E-state index in [4.69, 9.17) is 11.6 Å². The van der Waals surface area contributed by atoms with Gasteiger partial charge in [-0.25, -0.2) is 0 Å². The fourth-order valence-corrected chi connectivity index (χ4v) is 2.22. The average molecular weight is 267 g/mol.